The Morgan fingerprint density at radius 2 is 2.11 bits per heavy atom. The molecule has 2 heterocycles. The minimum absolute atomic E-state index is 0.516. The monoisotopic (exact) mass is 293 g/mol. The van der Waals surface area contributed by atoms with Gasteiger partial charge in [-0.1, -0.05) is 11.6 Å². The summed E-state index contributed by atoms with van der Waals surface area (Å²) < 4.78 is 0. The molecule has 100 valence electrons. The molecular weight excluding hydrogens is 278 g/mol. The van der Waals surface area contributed by atoms with Crippen LogP contribution in [-0.2, 0) is 6.54 Å². The number of halogens is 1. The normalized spacial score (nSPS) is 14.7. The minimum atomic E-state index is 0.516. The van der Waals surface area contributed by atoms with Crippen LogP contribution in [0.5, 0.6) is 0 Å². The largest absolute Gasteiger partial charge is 0.365 e. The van der Waals surface area contributed by atoms with E-state index in [1.54, 1.807) is 11.3 Å². The summed E-state index contributed by atoms with van der Waals surface area (Å²) in [7, 11) is 0. The molecule has 0 radical (unpaired) electrons. The standard InChI is InChI=1S/C14H16ClN3S/c1-8-3-6-11(19-8)7-16-13-9(2)12(15)17-14(18-13)10-4-5-10/h3,6,10H,4-5,7H2,1-2H3,(H,16,17,18). The highest BCUT2D eigenvalue weighted by atomic mass is 35.5. The molecule has 2 aromatic heterocycles. The summed E-state index contributed by atoms with van der Waals surface area (Å²) >= 11 is 7.99. The van der Waals surface area contributed by atoms with Crippen LogP contribution in [0.15, 0.2) is 12.1 Å². The maximum atomic E-state index is 6.19. The quantitative estimate of drug-likeness (QED) is 0.854. The van der Waals surface area contributed by atoms with E-state index in [4.69, 9.17) is 11.6 Å². The number of thiophene rings is 1. The van der Waals surface area contributed by atoms with Gasteiger partial charge in [0.1, 0.15) is 16.8 Å². The van der Waals surface area contributed by atoms with Crippen LogP contribution < -0.4 is 5.32 Å². The van der Waals surface area contributed by atoms with E-state index in [0.717, 1.165) is 23.8 Å². The van der Waals surface area contributed by atoms with Gasteiger partial charge in [-0.05, 0) is 38.8 Å². The van der Waals surface area contributed by atoms with Crippen molar-refractivity contribution in [3.8, 4) is 0 Å². The third-order valence-corrected chi connectivity index (χ3v) is 4.64. The van der Waals surface area contributed by atoms with E-state index in [1.807, 2.05) is 6.92 Å². The number of aromatic nitrogens is 2. The van der Waals surface area contributed by atoms with Gasteiger partial charge in [-0.3, -0.25) is 0 Å². The summed E-state index contributed by atoms with van der Waals surface area (Å²) in [6.45, 7) is 4.87. The van der Waals surface area contributed by atoms with Gasteiger partial charge >= 0.3 is 0 Å². The van der Waals surface area contributed by atoms with Gasteiger partial charge in [0.25, 0.3) is 0 Å². The average molecular weight is 294 g/mol. The maximum absolute atomic E-state index is 6.19. The number of nitrogens with zero attached hydrogens (tertiary/aromatic N) is 2. The first-order valence-electron chi connectivity index (χ1n) is 6.46. The first-order chi connectivity index (χ1) is 9.13. The lowest BCUT2D eigenvalue weighted by atomic mass is 10.3. The first kappa shape index (κ1) is 12.9. The molecule has 0 unspecified atom stereocenters. The fourth-order valence-electron chi connectivity index (χ4n) is 1.95. The van der Waals surface area contributed by atoms with Crippen molar-refractivity contribution < 1.29 is 0 Å². The van der Waals surface area contributed by atoms with E-state index in [9.17, 15) is 0 Å². The second-order valence-electron chi connectivity index (χ2n) is 4.99. The molecule has 0 saturated heterocycles. The van der Waals surface area contributed by atoms with Gasteiger partial charge in [0.05, 0.1) is 6.54 Å². The van der Waals surface area contributed by atoms with Crippen LogP contribution in [0, 0.1) is 13.8 Å². The maximum Gasteiger partial charge on any atom is 0.137 e. The third kappa shape index (κ3) is 2.90. The molecule has 1 aliphatic carbocycles. The molecular formula is C14H16ClN3S. The van der Waals surface area contributed by atoms with Gasteiger partial charge in [0.2, 0.25) is 0 Å². The Labute approximate surface area is 122 Å². The fourth-order valence-corrected chi connectivity index (χ4v) is 2.96. The van der Waals surface area contributed by atoms with Crippen molar-refractivity contribution in [1.29, 1.82) is 0 Å². The van der Waals surface area contributed by atoms with E-state index in [2.05, 4.69) is 34.3 Å². The lowest BCUT2D eigenvalue weighted by Crippen LogP contribution is -2.06. The molecule has 19 heavy (non-hydrogen) atoms. The van der Waals surface area contributed by atoms with Crippen LogP contribution >= 0.6 is 22.9 Å². The molecule has 0 aliphatic heterocycles. The first-order valence-corrected chi connectivity index (χ1v) is 7.66. The lowest BCUT2D eigenvalue weighted by molar-refractivity contribution is 0.913. The van der Waals surface area contributed by atoms with Crippen LogP contribution in [0.4, 0.5) is 5.82 Å². The molecule has 0 atom stereocenters. The Morgan fingerprint density at radius 1 is 1.32 bits per heavy atom. The zero-order valence-corrected chi connectivity index (χ0v) is 12.6. The third-order valence-electron chi connectivity index (χ3n) is 3.27. The number of nitrogens with one attached hydrogen (secondary N) is 1. The molecule has 0 aromatic carbocycles. The molecule has 0 amide bonds. The highest BCUT2D eigenvalue weighted by molar-refractivity contribution is 7.11. The predicted molar refractivity (Wildman–Crippen MR) is 80.1 cm³/mol. The zero-order valence-electron chi connectivity index (χ0n) is 11.0. The number of hydrogen-bond acceptors (Lipinski definition) is 4. The summed E-state index contributed by atoms with van der Waals surface area (Å²) in [5.74, 6) is 2.27. The van der Waals surface area contributed by atoms with Crippen molar-refractivity contribution in [1.82, 2.24) is 9.97 Å². The van der Waals surface area contributed by atoms with Crippen molar-refractivity contribution >= 4 is 28.8 Å². The van der Waals surface area contributed by atoms with Gasteiger partial charge < -0.3 is 5.32 Å². The van der Waals surface area contributed by atoms with Crippen molar-refractivity contribution in [3.05, 3.63) is 38.4 Å². The lowest BCUT2D eigenvalue weighted by Gasteiger charge is -2.10. The SMILES string of the molecule is Cc1ccc(CNc2nc(C3CC3)nc(Cl)c2C)s1. The summed E-state index contributed by atoms with van der Waals surface area (Å²) in [6.07, 6.45) is 2.37. The average Bonchev–Trinajstić information content (AvgIpc) is 3.15. The molecule has 2 aromatic rings. The summed E-state index contributed by atoms with van der Waals surface area (Å²) in [5, 5.41) is 3.95. The molecule has 5 heteroatoms. The van der Waals surface area contributed by atoms with Crippen LogP contribution in [0.3, 0.4) is 0 Å². The molecule has 3 rings (SSSR count). The van der Waals surface area contributed by atoms with E-state index < -0.39 is 0 Å². The van der Waals surface area contributed by atoms with Crippen molar-refractivity contribution in [3.63, 3.8) is 0 Å². The van der Waals surface area contributed by atoms with E-state index in [1.165, 1.54) is 22.6 Å². The Balaban J connectivity index is 1.79. The van der Waals surface area contributed by atoms with Crippen molar-refractivity contribution in [2.75, 3.05) is 5.32 Å². The molecule has 3 nitrogen and oxygen atoms in total. The van der Waals surface area contributed by atoms with Crippen LogP contribution in [-0.4, -0.2) is 9.97 Å². The number of rotatable bonds is 4. The van der Waals surface area contributed by atoms with E-state index in [0.29, 0.717) is 11.1 Å². The second kappa shape index (κ2) is 5.10. The predicted octanol–water partition coefficient (Wildman–Crippen LogP) is 4.30. The van der Waals surface area contributed by atoms with Crippen LogP contribution in [0.25, 0.3) is 0 Å². The Kier molecular flexibility index (Phi) is 3.46. The van der Waals surface area contributed by atoms with Gasteiger partial charge in [-0.2, -0.15) is 0 Å². The minimum Gasteiger partial charge on any atom is -0.365 e. The second-order valence-corrected chi connectivity index (χ2v) is 6.72. The molecule has 1 fully saturated rings. The van der Waals surface area contributed by atoms with Gasteiger partial charge in [0.15, 0.2) is 0 Å². The topological polar surface area (TPSA) is 37.8 Å². The molecule has 1 saturated carbocycles. The van der Waals surface area contributed by atoms with Crippen LogP contribution in [0.1, 0.15) is 39.9 Å². The van der Waals surface area contributed by atoms with Gasteiger partial charge in [0, 0.05) is 21.2 Å². The summed E-state index contributed by atoms with van der Waals surface area (Å²) in [5.41, 5.74) is 0.930. The van der Waals surface area contributed by atoms with Crippen molar-refractivity contribution in [2.24, 2.45) is 0 Å². The van der Waals surface area contributed by atoms with Crippen molar-refractivity contribution in [2.45, 2.75) is 39.2 Å². The molecule has 0 bridgehead atoms. The fraction of sp³-hybridized carbons (Fsp3) is 0.429. The highest BCUT2D eigenvalue weighted by Gasteiger charge is 2.27. The highest BCUT2D eigenvalue weighted by Crippen LogP contribution is 2.39. The summed E-state index contributed by atoms with van der Waals surface area (Å²) in [6, 6.07) is 4.28. The zero-order chi connectivity index (χ0) is 13.4. The Morgan fingerprint density at radius 3 is 2.74 bits per heavy atom. The number of hydrogen-bond donors (Lipinski definition) is 1. The molecule has 1 aliphatic rings. The van der Waals surface area contributed by atoms with E-state index in [-0.39, 0.29) is 0 Å². The smallest absolute Gasteiger partial charge is 0.137 e. The summed E-state index contributed by atoms with van der Waals surface area (Å²) in [4.78, 5) is 11.6. The Hall–Kier alpha value is -1.13. The van der Waals surface area contributed by atoms with Crippen LogP contribution in [0.2, 0.25) is 5.15 Å². The van der Waals surface area contributed by atoms with Gasteiger partial charge in [-0.25, -0.2) is 9.97 Å². The number of anilines is 1. The number of aryl methyl sites for hydroxylation is 1. The molecule has 1 N–H and O–H groups in total. The van der Waals surface area contributed by atoms with E-state index >= 15 is 0 Å². The van der Waals surface area contributed by atoms with Gasteiger partial charge in [-0.15, -0.1) is 11.3 Å². The Bertz CT molecular complexity index is 605. The molecule has 0 spiro atoms.